The van der Waals surface area contributed by atoms with Gasteiger partial charge in [0.25, 0.3) is 0 Å². The van der Waals surface area contributed by atoms with Crippen LogP contribution in [0.15, 0.2) is 48.5 Å². The Morgan fingerprint density at radius 3 is 2.56 bits per heavy atom. The molecule has 6 nitrogen and oxygen atoms in total. The maximum atomic E-state index is 12.1. The zero-order valence-electron chi connectivity index (χ0n) is 14.2. The number of anilines is 1. The monoisotopic (exact) mass is 362 g/mol. The molecule has 0 radical (unpaired) electrons. The highest BCUT2D eigenvalue weighted by molar-refractivity contribution is 7.92. The number of aryl methyl sites for hydroxylation is 1. The average Bonchev–Trinajstić information content (AvgIpc) is 2.52. The summed E-state index contributed by atoms with van der Waals surface area (Å²) in [5, 5.41) is 12.6. The predicted molar refractivity (Wildman–Crippen MR) is 97.9 cm³/mol. The molecule has 0 unspecified atom stereocenters. The maximum absolute atomic E-state index is 12.1. The molecule has 0 aliphatic heterocycles. The average molecular weight is 362 g/mol. The number of phenols is 1. The highest BCUT2D eigenvalue weighted by Crippen LogP contribution is 2.20. The quantitative estimate of drug-likeness (QED) is 0.705. The number of hydrogen-bond donors (Lipinski definition) is 3. The summed E-state index contributed by atoms with van der Waals surface area (Å²) in [5.41, 5.74) is 1.98. The van der Waals surface area contributed by atoms with Gasteiger partial charge in [0.15, 0.2) is 0 Å². The first kappa shape index (κ1) is 18.8. The van der Waals surface area contributed by atoms with Gasteiger partial charge in [0.1, 0.15) is 5.75 Å². The van der Waals surface area contributed by atoms with E-state index >= 15 is 0 Å². The second kappa shape index (κ2) is 8.02. The summed E-state index contributed by atoms with van der Waals surface area (Å²) in [5.74, 6) is 0.0418. The molecule has 0 fully saturated rings. The molecule has 2 aromatic carbocycles. The number of carbonyl (C=O) groups is 1. The molecule has 0 bridgehead atoms. The lowest BCUT2D eigenvalue weighted by Gasteiger charge is -2.16. The van der Waals surface area contributed by atoms with Crippen molar-refractivity contribution in [3.05, 3.63) is 59.7 Å². The van der Waals surface area contributed by atoms with Crippen LogP contribution in [0.4, 0.5) is 5.69 Å². The summed E-state index contributed by atoms with van der Waals surface area (Å²) in [4.78, 5) is 12.1. The molecule has 134 valence electrons. The van der Waals surface area contributed by atoms with Crippen molar-refractivity contribution in [2.75, 3.05) is 11.0 Å². The van der Waals surface area contributed by atoms with Crippen molar-refractivity contribution in [2.45, 2.75) is 25.8 Å². The lowest BCUT2D eigenvalue weighted by Crippen LogP contribution is -2.26. The van der Waals surface area contributed by atoms with Gasteiger partial charge in [-0.1, -0.05) is 30.3 Å². The summed E-state index contributed by atoms with van der Waals surface area (Å²) >= 11 is 0. The Kier molecular flexibility index (Phi) is 6.03. The van der Waals surface area contributed by atoms with Gasteiger partial charge in [-0.3, -0.25) is 9.52 Å². The first-order chi connectivity index (χ1) is 11.7. The second-order valence-electron chi connectivity index (χ2n) is 5.92. The second-order valence-corrected chi connectivity index (χ2v) is 7.67. The summed E-state index contributed by atoms with van der Waals surface area (Å²) < 4.78 is 25.0. The third-order valence-corrected chi connectivity index (χ3v) is 4.29. The zero-order chi connectivity index (χ0) is 18.4. The van der Waals surface area contributed by atoms with E-state index in [0.717, 1.165) is 17.4 Å². The van der Waals surface area contributed by atoms with Crippen LogP contribution in [-0.4, -0.2) is 25.7 Å². The van der Waals surface area contributed by atoms with Crippen LogP contribution in [0.2, 0.25) is 0 Å². The molecule has 3 N–H and O–H groups in total. The number of aromatic hydroxyl groups is 1. The molecule has 1 atom stereocenters. The largest absolute Gasteiger partial charge is 0.508 e. The van der Waals surface area contributed by atoms with Gasteiger partial charge < -0.3 is 10.4 Å². The van der Waals surface area contributed by atoms with Crippen molar-refractivity contribution in [1.29, 1.82) is 0 Å². The van der Waals surface area contributed by atoms with E-state index in [1.165, 1.54) is 0 Å². The van der Waals surface area contributed by atoms with E-state index in [9.17, 15) is 18.3 Å². The summed E-state index contributed by atoms with van der Waals surface area (Å²) in [7, 11) is -3.35. The van der Waals surface area contributed by atoms with Gasteiger partial charge in [0.05, 0.1) is 12.3 Å². The van der Waals surface area contributed by atoms with Crippen molar-refractivity contribution in [1.82, 2.24) is 5.32 Å². The Morgan fingerprint density at radius 1 is 1.16 bits per heavy atom. The smallest absolute Gasteiger partial charge is 0.229 e. The Hall–Kier alpha value is -2.54. The molecule has 0 heterocycles. The molecule has 0 saturated carbocycles. The minimum absolute atomic E-state index is 0.141. The number of rotatable bonds is 7. The fourth-order valence-electron chi connectivity index (χ4n) is 2.45. The van der Waals surface area contributed by atoms with Crippen LogP contribution in [0.25, 0.3) is 0 Å². The third kappa shape index (κ3) is 6.11. The number of nitrogens with one attached hydrogen (secondary N) is 2. The molecule has 7 heteroatoms. The third-order valence-electron chi connectivity index (χ3n) is 3.68. The minimum atomic E-state index is -3.35. The molecule has 0 aromatic heterocycles. The Labute approximate surface area is 147 Å². The molecule has 0 saturated heterocycles. The summed E-state index contributed by atoms with van der Waals surface area (Å²) in [6, 6.07) is 13.6. The van der Waals surface area contributed by atoms with Crippen LogP contribution < -0.4 is 10.0 Å². The Balaban J connectivity index is 1.95. The number of phenolic OH excluding ortho intramolecular Hbond substituents is 1. The minimum Gasteiger partial charge on any atom is -0.508 e. The van der Waals surface area contributed by atoms with Gasteiger partial charge in [0.2, 0.25) is 15.9 Å². The van der Waals surface area contributed by atoms with Crippen molar-refractivity contribution in [3.8, 4) is 5.75 Å². The number of carbonyl (C=O) groups excluding carboxylic acids is 1. The van der Waals surface area contributed by atoms with E-state index in [1.54, 1.807) is 36.4 Å². The number of hydrogen-bond acceptors (Lipinski definition) is 4. The zero-order valence-corrected chi connectivity index (χ0v) is 15.0. The molecule has 0 spiro atoms. The number of amides is 1. The first-order valence-electron chi connectivity index (χ1n) is 7.88. The maximum Gasteiger partial charge on any atom is 0.229 e. The standard InChI is InChI=1S/C18H22N2O4S/c1-13(15-7-5-8-16(12-15)20-25(2,23)24)19-18(22)11-10-14-6-3-4-9-17(14)21/h3-9,12-13,20-21H,10-11H2,1-2H3,(H,19,22)/t13-/m0/s1. The van der Waals surface area contributed by atoms with Crippen molar-refractivity contribution < 1.29 is 18.3 Å². The van der Waals surface area contributed by atoms with Crippen LogP contribution in [-0.2, 0) is 21.2 Å². The van der Waals surface area contributed by atoms with E-state index in [0.29, 0.717) is 12.1 Å². The molecule has 2 aromatic rings. The number of sulfonamides is 1. The van der Waals surface area contributed by atoms with E-state index in [2.05, 4.69) is 10.0 Å². The van der Waals surface area contributed by atoms with Crippen molar-refractivity contribution >= 4 is 21.6 Å². The lowest BCUT2D eigenvalue weighted by molar-refractivity contribution is -0.121. The fraction of sp³-hybridized carbons (Fsp3) is 0.278. The highest BCUT2D eigenvalue weighted by atomic mass is 32.2. The fourth-order valence-corrected chi connectivity index (χ4v) is 3.01. The Bertz CT molecular complexity index is 850. The van der Waals surface area contributed by atoms with Crippen LogP contribution in [0, 0.1) is 0 Å². The molecule has 0 aliphatic carbocycles. The molecule has 1 amide bonds. The van der Waals surface area contributed by atoms with Crippen molar-refractivity contribution in [3.63, 3.8) is 0 Å². The summed E-state index contributed by atoms with van der Waals surface area (Å²) in [6.45, 7) is 1.83. The Morgan fingerprint density at radius 2 is 1.88 bits per heavy atom. The van der Waals surface area contributed by atoms with E-state index in [-0.39, 0.29) is 24.1 Å². The topological polar surface area (TPSA) is 95.5 Å². The van der Waals surface area contributed by atoms with Gasteiger partial charge in [-0.05, 0) is 42.7 Å². The van der Waals surface area contributed by atoms with E-state index < -0.39 is 10.0 Å². The van der Waals surface area contributed by atoms with Gasteiger partial charge in [-0.2, -0.15) is 0 Å². The van der Waals surface area contributed by atoms with Crippen LogP contribution >= 0.6 is 0 Å². The van der Waals surface area contributed by atoms with Crippen molar-refractivity contribution in [2.24, 2.45) is 0 Å². The molecular formula is C18H22N2O4S. The molecular weight excluding hydrogens is 340 g/mol. The van der Waals surface area contributed by atoms with Gasteiger partial charge in [-0.25, -0.2) is 8.42 Å². The van der Waals surface area contributed by atoms with Gasteiger partial charge in [-0.15, -0.1) is 0 Å². The van der Waals surface area contributed by atoms with Crippen LogP contribution in [0.1, 0.15) is 30.5 Å². The van der Waals surface area contributed by atoms with Crippen LogP contribution in [0.3, 0.4) is 0 Å². The van der Waals surface area contributed by atoms with E-state index in [1.807, 2.05) is 19.1 Å². The van der Waals surface area contributed by atoms with Gasteiger partial charge >= 0.3 is 0 Å². The van der Waals surface area contributed by atoms with Crippen LogP contribution in [0.5, 0.6) is 5.75 Å². The molecule has 2 rings (SSSR count). The first-order valence-corrected chi connectivity index (χ1v) is 9.78. The normalized spacial score (nSPS) is 12.4. The summed E-state index contributed by atoms with van der Waals surface area (Å²) in [6.07, 6.45) is 1.79. The highest BCUT2D eigenvalue weighted by Gasteiger charge is 2.12. The lowest BCUT2D eigenvalue weighted by atomic mass is 10.1. The molecule has 0 aliphatic rings. The van der Waals surface area contributed by atoms with Gasteiger partial charge in [0, 0.05) is 12.1 Å². The molecule has 25 heavy (non-hydrogen) atoms. The SMILES string of the molecule is C[C@H](NC(=O)CCc1ccccc1O)c1cccc(NS(C)(=O)=O)c1. The number of benzene rings is 2. The van der Waals surface area contributed by atoms with E-state index in [4.69, 9.17) is 0 Å². The predicted octanol–water partition coefficient (Wildman–Crippen LogP) is 2.57. The number of para-hydroxylation sites is 1.